The third kappa shape index (κ3) is 2.95. The van der Waals surface area contributed by atoms with Crippen molar-refractivity contribution in [3.63, 3.8) is 0 Å². The standard InChI is InChI=1S/C18H18N2O4S/c1-22-13-7-8-14(23-2)16-15(13)19-18(25-16)20(17(21)11-5-6-11)10-12-4-3-9-24-12/h3-4,7-9,11H,5-6,10H2,1-2H3. The van der Waals surface area contributed by atoms with Crippen LogP contribution < -0.4 is 14.4 Å². The van der Waals surface area contributed by atoms with Crippen LogP contribution in [0.5, 0.6) is 11.5 Å². The number of nitrogens with zero attached hydrogens (tertiary/aromatic N) is 2. The fourth-order valence-corrected chi connectivity index (χ4v) is 3.82. The summed E-state index contributed by atoms with van der Waals surface area (Å²) in [5.74, 6) is 2.29. The highest BCUT2D eigenvalue weighted by Gasteiger charge is 2.36. The van der Waals surface area contributed by atoms with E-state index in [2.05, 4.69) is 4.98 Å². The lowest BCUT2D eigenvalue weighted by Crippen LogP contribution is -2.31. The highest BCUT2D eigenvalue weighted by Crippen LogP contribution is 2.42. The number of benzene rings is 1. The van der Waals surface area contributed by atoms with Crippen molar-refractivity contribution in [2.45, 2.75) is 19.4 Å². The summed E-state index contributed by atoms with van der Waals surface area (Å²) >= 11 is 1.43. The first-order chi connectivity index (χ1) is 12.2. The van der Waals surface area contributed by atoms with Crippen LogP contribution in [0.25, 0.3) is 10.2 Å². The molecule has 0 saturated heterocycles. The normalized spacial score (nSPS) is 13.8. The van der Waals surface area contributed by atoms with Gasteiger partial charge in [-0.25, -0.2) is 4.98 Å². The van der Waals surface area contributed by atoms with Crippen molar-refractivity contribution in [1.82, 2.24) is 4.98 Å². The Morgan fingerprint density at radius 2 is 2.04 bits per heavy atom. The zero-order chi connectivity index (χ0) is 17.4. The van der Waals surface area contributed by atoms with Crippen LogP contribution in [-0.4, -0.2) is 25.1 Å². The Bertz CT molecular complexity index is 858. The van der Waals surface area contributed by atoms with Crippen molar-refractivity contribution in [2.24, 2.45) is 5.92 Å². The first-order valence-corrected chi connectivity index (χ1v) is 8.88. The average molecular weight is 358 g/mol. The molecule has 0 N–H and O–H groups in total. The molecule has 2 heterocycles. The molecule has 2 aromatic heterocycles. The van der Waals surface area contributed by atoms with Crippen molar-refractivity contribution in [3.8, 4) is 11.5 Å². The van der Waals surface area contributed by atoms with Gasteiger partial charge in [-0.1, -0.05) is 11.3 Å². The molecule has 3 aromatic rings. The average Bonchev–Trinajstić information content (AvgIpc) is 3.17. The first kappa shape index (κ1) is 16.0. The summed E-state index contributed by atoms with van der Waals surface area (Å²) in [6.07, 6.45) is 3.48. The van der Waals surface area contributed by atoms with E-state index >= 15 is 0 Å². The van der Waals surface area contributed by atoms with Gasteiger partial charge in [0.2, 0.25) is 5.91 Å². The summed E-state index contributed by atoms with van der Waals surface area (Å²) in [4.78, 5) is 19.2. The van der Waals surface area contributed by atoms with Crippen molar-refractivity contribution < 1.29 is 18.7 Å². The lowest BCUT2D eigenvalue weighted by Gasteiger charge is -2.18. The maximum atomic E-state index is 12.8. The van der Waals surface area contributed by atoms with Gasteiger partial charge in [0.05, 0.1) is 27.0 Å². The molecule has 1 aliphatic rings. The van der Waals surface area contributed by atoms with Gasteiger partial charge >= 0.3 is 0 Å². The number of carbonyl (C=O) groups excluding carboxylic acids is 1. The second-order valence-electron chi connectivity index (χ2n) is 5.92. The number of amides is 1. The van der Waals surface area contributed by atoms with E-state index in [0.29, 0.717) is 22.9 Å². The van der Waals surface area contributed by atoms with E-state index in [1.807, 2.05) is 24.3 Å². The number of anilines is 1. The van der Waals surface area contributed by atoms with E-state index in [1.165, 1.54) is 11.3 Å². The molecule has 1 saturated carbocycles. The molecule has 4 rings (SSSR count). The topological polar surface area (TPSA) is 64.8 Å². The number of furan rings is 1. The molecule has 6 nitrogen and oxygen atoms in total. The zero-order valence-electron chi connectivity index (χ0n) is 14.0. The van der Waals surface area contributed by atoms with E-state index in [9.17, 15) is 4.79 Å². The molecule has 0 unspecified atom stereocenters. The highest BCUT2D eigenvalue weighted by atomic mass is 32.1. The Balaban J connectivity index is 1.79. The third-order valence-corrected chi connectivity index (χ3v) is 5.31. The Labute approximate surface area is 149 Å². The molecular formula is C18H18N2O4S. The third-order valence-electron chi connectivity index (χ3n) is 4.22. The van der Waals surface area contributed by atoms with Crippen LogP contribution in [-0.2, 0) is 11.3 Å². The molecule has 0 spiro atoms. The van der Waals surface area contributed by atoms with Crippen LogP contribution in [0.15, 0.2) is 34.9 Å². The monoisotopic (exact) mass is 358 g/mol. The van der Waals surface area contributed by atoms with Crippen molar-refractivity contribution >= 4 is 32.6 Å². The van der Waals surface area contributed by atoms with E-state index in [0.717, 1.165) is 29.1 Å². The van der Waals surface area contributed by atoms with E-state index in [-0.39, 0.29) is 11.8 Å². The van der Waals surface area contributed by atoms with Gasteiger partial charge in [0.1, 0.15) is 27.5 Å². The molecule has 1 fully saturated rings. The van der Waals surface area contributed by atoms with Gasteiger partial charge < -0.3 is 13.9 Å². The molecular weight excluding hydrogens is 340 g/mol. The fourth-order valence-electron chi connectivity index (χ4n) is 2.74. The minimum Gasteiger partial charge on any atom is -0.495 e. The van der Waals surface area contributed by atoms with Crippen molar-refractivity contribution in [1.29, 1.82) is 0 Å². The minimum atomic E-state index is 0.0887. The van der Waals surface area contributed by atoms with Crippen LogP contribution in [0.4, 0.5) is 5.13 Å². The Kier molecular flexibility index (Phi) is 4.09. The van der Waals surface area contributed by atoms with Crippen molar-refractivity contribution in [2.75, 3.05) is 19.1 Å². The van der Waals surface area contributed by atoms with Gasteiger partial charge in [-0.2, -0.15) is 0 Å². The van der Waals surface area contributed by atoms with Gasteiger partial charge in [-0.05, 0) is 37.1 Å². The van der Waals surface area contributed by atoms with Gasteiger partial charge in [-0.3, -0.25) is 9.69 Å². The van der Waals surface area contributed by atoms with Crippen LogP contribution in [0.3, 0.4) is 0 Å². The summed E-state index contributed by atoms with van der Waals surface area (Å²) in [5, 5.41) is 0.631. The van der Waals surface area contributed by atoms with Crippen LogP contribution in [0.2, 0.25) is 0 Å². The number of hydrogen-bond donors (Lipinski definition) is 0. The molecule has 1 aliphatic carbocycles. The maximum Gasteiger partial charge on any atom is 0.232 e. The number of aromatic nitrogens is 1. The molecule has 0 atom stereocenters. The molecule has 0 bridgehead atoms. The van der Waals surface area contributed by atoms with E-state index in [4.69, 9.17) is 13.9 Å². The minimum absolute atomic E-state index is 0.0887. The summed E-state index contributed by atoms with van der Waals surface area (Å²) in [7, 11) is 3.23. The van der Waals surface area contributed by atoms with Crippen LogP contribution in [0.1, 0.15) is 18.6 Å². The predicted octanol–water partition coefficient (Wildman–Crippen LogP) is 3.85. The maximum absolute atomic E-state index is 12.8. The molecule has 0 radical (unpaired) electrons. The number of carbonyl (C=O) groups is 1. The molecule has 130 valence electrons. The van der Waals surface area contributed by atoms with E-state index in [1.54, 1.807) is 25.4 Å². The number of thiazole rings is 1. The number of hydrogen-bond acceptors (Lipinski definition) is 6. The molecule has 7 heteroatoms. The lowest BCUT2D eigenvalue weighted by atomic mass is 10.3. The predicted molar refractivity (Wildman–Crippen MR) is 95.3 cm³/mol. The fraction of sp³-hybridized carbons (Fsp3) is 0.333. The van der Waals surface area contributed by atoms with Crippen LogP contribution >= 0.6 is 11.3 Å². The van der Waals surface area contributed by atoms with E-state index < -0.39 is 0 Å². The Morgan fingerprint density at radius 3 is 2.68 bits per heavy atom. The molecule has 0 aliphatic heterocycles. The van der Waals surface area contributed by atoms with Gasteiger partial charge in [0.15, 0.2) is 5.13 Å². The second kappa shape index (κ2) is 6.40. The van der Waals surface area contributed by atoms with Crippen LogP contribution in [0, 0.1) is 5.92 Å². The molecule has 25 heavy (non-hydrogen) atoms. The summed E-state index contributed by atoms with van der Waals surface area (Å²) in [6.45, 7) is 0.368. The molecule has 1 amide bonds. The first-order valence-electron chi connectivity index (χ1n) is 8.06. The van der Waals surface area contributed by atoms with Gasteiger partial charge in [0.25, 0.3) is 0 Å². The SMILES string of the molecule is COc1ccc(OC)c2sc(N(Cc3ccco3)C(=O)C3CC3)nc12. The quantitative estimate of drug-likeness (QED) is 0.670. The zero-order valence-corrected chi connectivity index (χ0v) is 14.8. The summed E-state index contributed by atoms with van der Waals surface area (Å²) < 4.78 is 17.2. The summed E-state index contributed by atoms with van der Waals surface area (Å²) in [5.41, 5.74) is 0.704. The highest BCUT2D eigenvalue weighted by molar-refractivity contribution is 7.22. The number of rotatable bonds is 6. The Morgan fingerprint density at radius 1 is 1.28 bits per heavy atom. The lowest BCUT2D eigenvalue weighted by molar-refractivity contribution is -0.120. The second-order valence-corrected chi connectivity index (χ2v) is 6.90. The largest absolute Gasteiger partial charge is 0.495 e. The summed E-state index contributed by atoms with van der Waals surface area (Å²) in [6, 6.07) is 7.36. The number of fused-ring (bicyclic) bond motifs is 1. The smallest absolute Gasteiger partial charge is 0.232 e. The van der Waals surface area contributed by atoms with Gasteiger partial charge in [-0.15, -0.1) is 0 Å². The molecule has 1 aromatic carbocycles. The number of methoxy groups -OCH3 is 2. The van der Waals surface area contributed by atoms with Crippen molar-refractivity contribution in [3.05, 3.63) is 36.3 Å². The number of ether oxygens (including phenoxy) is 2. The van der Waals surface area contributed by atoms with Gasteiger partial charge in [0, 0.05) is 5.92 Å². The Hall–Kier alpha value is -2.54.